The minimum Gasteiger partial charge on any atom is -0.294 e. The van der Waals surface area contributed by atoms with Crippen LogP contribution in [0.2, 0.25) is 0 Å². The van der Waals surface area contributed by atoms with Crippen LogP contribution in [-0.4, -0.2) is 10.8 Å². The number of fused-ring (bicyclic) bond motifs is 1. The highest BCUT2D eigenvalue weighted by Gasteiger charge is 2.19. The number of aliphatic imine (C=N–C) groups is 1. The largest absolute Gasteiger partial charge is 0.294 e. The van der Waals surface area contributed by atoms with Gasteiger partial charge in [0.15, 0.2) is 0 Å². The van der Waals surface area contributed by atoms with Gasteiger partial charge in [-0.1, -0.05) is 0 Å². The van der Waals surface area contributed by atoms with E-state index in [1.54, 1.807) is 16.3 Å². The Bertz CT molecular complexity index is 378. The van der Waals surface area contributed by atoms with E-state index in [4.69, 9.17) is 5.84 Å². The molecule has 70 valence electrons. The molecule has 4 heteroatoms. The van der Waals surface area contributed by atoms with E-state index in [1.807, 2.05) is 6.92 Å². The minimum absolute atomic E-state index is 0.792. The van der Waals surface area contributed by atoms with Gasteiger partial charge in [-0.15, -0.1) is 11.3 Å². The average Bonchev–Trinajstić information content (AvgIpc) is 2.32. The molecule has 1 aromatic rings. The van der Waals surface area contributed by atoms with Crippen molar-refractivity contribution < 1.29 is 0 Å². The van der Waals surface area contributed by atoms with Crippen molar-refractivity contribution in [1.82, 2.24) is 5.01 Å². The second-order valence-corrected chi connectivity index (χ2v) is 4.56. The highest BCUT2D eigenvalue weighted by Crippen LogP contribution is 2.37. The van der Waals surface area contributed by atoms with Gasteiger partial charge >= 0.3 is 0 Å². The molecular weight excluding hydrogens is 182 g/mol. The number of hydrazine groups is 1. The fourth-order valence-corrected chi connectivity index (χ4v) is 2.51. The first kappa shape index (κ1) is 8.72. The SMILES string of the molecule is CC1=Nc2sc(C)c(C)c2CN1N. The topological polar surface area (TPSA) is 41.6 Å². The van der Waals surface area contributed by atoms with Crippen LogP contribution in [0.5, 0.6) is 0 Å². The molecule has 0 fully saturated rings. The summed E-state index contributed by atoms with van der Waals surface area (Å²) < 4.78 is 0. The van der Waals surface area contributed by atoms with Gasteiger partial charge in [0, 0.05) is 10.4 Å². The zero-order valence-corrected chi connectivity index (χ0v) is 8.90. The first-order valence-electron chi connectivity index (χ1n) is 4.26. The van der Waals surface area contributed by atoms with Gasteiger partial charge < -0.3 is 0 Å². The summed E-state index contributed by atoms with van der Waals surface area (Å²) in [6.07, 6.45) is 0. The second-order valence-electron chi connectivity index (χ2n) is 3.35. The number of rotatable bonds is 0. The van der Waals surface area contributed by atoms with Gasteiger partial charge in [0.2, 0.25) is 0 Å². The standard InChI is InChI=1S/C9H13N3S/c1-5-6(2)13-9-8(5)4-12(10)7(3)11-9/h4,10H2,1-3H3. The smallest absolute Gasteiger partial charge is 0.123 e. The van der Waals surface area contributed by atoms with E-state index in [9.17, 15) is 0 Å². The molecular formula is C9H13N3S. The number of thiophene rings is 1. The fraction of sp³-hybridized carbons (Fsp3) is 0.444. The van der Waals surface area contributed by atoms with Crippen molar-refractivity contribution in [2.75, 3.05) is 0 Å². The Morgan fingerprint density at radius 1 is 1.38 bits per heavy atom. The lowest BCUT2D eigenvalue weighted by Gasteiger charge is -2.22. The minimum atomic E-state index is 0.792. The van der Waals surface area contributed by atoms with E-state index in [-0.39, 0.29) is 0 Å². The Morgan fingerprint density at radius 2 is 2.08 bits per heavy atom. The summed E-state index contributed by atoms with van der Waals surface area (Å²) in [7, 11) is 0. The van der Waals surface area contributed by atoms with Crippen LogP contribution in [0.15, 0.2) is 4.99 Å². The van der Waals surface area contributed by atoms with Crippen LogP contribution in [0.1, 0.15) is 22.9 Å². The van der Waals surface area contributed by atoms with Gasteiger partial charge in [0.25, 0.3) is 0 Å². The van der Waals surface area contributed by atoms with Crippen LogP contribution in [0, 0.1) is 13.8 Å². The Kier molecular flexibility index (Phi) is 1.89. The van der Waals surface area contributed by atoms with Crippen molar-refractivity contribution in [1.29, 1.82) is 0 Å². The molecule has 1 aromatic heterocycles. The molecule has 0 aromatic carbocycles. The van der Waals surface area contributed by atoms with E-state index in [2.05, 4.69) is 18.8 Å². The Hall–Kier alpha value is -0.870. The van der Waals surface area contributed by atoms with Crippen LogP contribution >= 0.6 is 11.3 Å². The molecule has 0 radical (unpaired) electrons. The molecule has 2 heterocycles. The third kappa shape index (κ3) is 1.26. The van der Waals surface area contributed by atoms with Crippen molar-refractivity contribution in [2.45, 2.75) is 27.3 Å². The Morgan fingerprint density at radius 3 is 2.77 bits per heavy atom. The van der Waals surface area contributed by atoms with Crippen molar-refractivity contribution >= 4 is 22.2 Å². The number of hydrogen-bond acceptors (Lipinski definition) is 4. The van der Waals surface area contributed by atoms with Crippen molar-refractivity contribution in [3.05, 3.63) is 16.0 Å². The summed E-state index contributed by atoms with van der Waals surface area (Å²) in [4.78, 5) is 5.79. The van der Waals surface area contributed by atoms with Crippen LogP contribution in [-0.2, 0) is 6.54 Å². The first-order chi connectivity index (χ1) is 6.09. The van der Waals surface area contributed by atoms with E-state index >= 15 is 0 Å². The van der Waals surface area contributed by atoms with Crippen molar-refractivity contribution in [2.24, 2.45) is 10.8 Å². The van der Waals surface area contributed by atoms with Gasteiger partial charge in [-0.25, -0.2) is 10.8 Å². The molecule has 0 spiro atoms. The number of aryl methyl sites for hydroxylation is 1. The maximum atomic E-state index is 5.78. The monoisotopic (exact) mass is 195 g/mol. The maximum absolute atomic E-state index is 5.78. The number of amidine groups is 1. The molecule has 1 aliphatic heterocycles. The summed E-state index contributed by atoms with van der Waals surface area (Å²) in [6, 6.07) is 0. The van der Waals surface area contributed by atoms with Crippen LogP contribution in [0.25, 0.3) is 0 Å². The molecule has 0 saturated heterocycles. The lowest BCUT2D eigenvalue weighted by atomic mass is 10.1. The molecule has 2 rings (SSSR count). The van der Waals surface area contributed by atoms with Gasteiger partial charge in [-0.3, -0.25) is 5.01 Å². The molecule has 0 bridgehead atoms. The van der Waals surface area contributed by atoms with E-state index < -0.39 is 0 Å². The molecule has 2 N–H and O–H groups in total. The highest BCUT2D eigenvalue weighted by molar-refractivity contribution is 7.16. The Balaban J connectivity index is 2.56. The normalized spacial score (nSPS) is 15.7. The maximum Gasteiger partial charge on any atom is 0.123 e. The van der Waals surface area contributed by atoms with Gasteiger partial charge in [0.05, 0.1) is 6.54 Å². The summed E-state index contributed by atoms with van der Waals surface area (Å²) in [5.41, 5.74) is 2.63. The molecule has 13 heavy (non-hydrogen) atoms. The molecule has 3 nitrogen and oxygen atoms in total. The van der Waals surface area contributed by atoms with Crippen molar-refractivity contribution in [3.63, 3.8) is 0 Å². The van der Waals surface area contributed by atoms with E-state index in [1.165, 1.54) is 16.0 Å². The van der Waals surface area contributed by atoms with Crippen LogP contribution < -0.4 is 5.84 Å². The van der Waals surface area contributed by atoms with Gasteiger partial charge in [-0.05, 0) is 26.3 Å². The summed E-state index contributed by atoms with van der Waals surface area (Å²) >= 11 is 1.75. The number of nitrogens with zero attached hydrogens (tertiary/aromatic N) is 2. The van der Waals surface area contributed by atoms with Gasteiger partial charge in [0.1, 0.15) is 10.8 Å². The summed E-state index contributed by atoms with van der Waals surface area (Å²) in [5, 5.41) is 2.83. The summed E-state index contributed by atoms with van der Waals surface area (Å²) in [6.45, 7) is 6.99. The molecule has 0 saturated carbocycles. The predicted molar refractivity (Wildman–Crippen MR) is 56.3 cm³/mol. The number of nitrogens with two attached hydrogens (primary N) is 1. The van der Waals surface area contributed by atoms with Crippen molar-refractivity contribution in [3.8, 4) is 0 Å². The zero-order valence-electron chi connectivity index (χ0n) is 8.09. The van der Waals surface area contributed by atoms with Crippen LogP contribution in [0.3, 0.4) is 0 Å². The third-order valence-electron chi connectivity index (χ3n) is 2.50. The van der Waals surface area contributed by atoms with Crippen LogP contribution in [0.4, 0.5) is 5.00 Å². The molecule has 1 aliphatic rings. The van der Waals surface area contributed by atoms with E-state index in [0.717, 1.165) is 17.4 Å². The highest BCUT2D eigenvalue weighted by atomic mass is 32.1. The lowest BCUT2D eigenvalue weighted by molar-refractivity contribution is 0.425. The molecule has 0 unspecified atom stereocenters. The molecule has 0 aliphatic carbocycles. The molecule has 0 atom stereocenters. The third-order valence-corrected chi connectivity index (χ3v) is 3.64. The van der Waals surface area contributed by atoms with Gasteiger partial charge in [-0.2, -0.15) is 0 Å². The fourth-order valence-electron chi connectivity index (χ4n) is 1.43. The Labute approximate surface area is 81.9 Å². The van der Waals surface area contributed by atoms with E-state index in [0.29, 0.717) is 0 Å². The predicted octanol–water partition coefficient (Wildman–Crippen LogP) is 2.10. The summed E-state index contributed by atoms with van der Waals surface area (Å²) in [5.74, 6) is 6.68. The zero-order chi connectivity index (χ0) is 9.59. The first-order valence-corrected chi connectivity index (χ1v) is 5.07. The molecule has 0 amide bonds. The lowest BCUT2D eigenvalue weighted by Crippen LogP contribution is -2.36. The second kappa shape index (κ2) is 2.82. The number of hydrogen-bond donors (Lipinski definition) is 1. The quantitative estimate of drug-likeness (QED) is 0.644. The average molecular weight is 195 g/mol.